The first-order valence-corrected chi connectivity index (χ1v) is 8.13. The fourth-order valence-corrected chi connectivity index (χ4v) is 1.99. The number of rotatable bonds is 8. The summed E-state index contributed by atoms with van der Waals surface area (Å²) in [6, 6.07) is 8.67. The van der Waals surface area contributed by atoms with Crippen molar-refractivity contribution in [1.82, 2.24) is 5.32 Å². The summed E-state index contributed by atoms with van der Waals surface area (Å²) in [5, 5.41) is 2.60. The van der Waals surface area contributed by atoms with E-state index in [0.29, 0.717) is 6.42 Å². The molecule has 24 heavy (non-hydrogen) atoms. The van der Waals surface area contributed by atoms with Gasteiger partial charge in [-0.25, -0.2) is 9.59 Å². The fourth-order valence-electron chi connectivity index (χ4n) is 1.99. The minimum absolute atomic E-state index is 0.174. The quantitative estimate of drug-likeness (QED) is 0.444. The summed E-state index contributed by atoms with van der Waals surface area (Å²) in [5.74, 6) is -0.464. The summed E-state index contributed by atoms with van der Waals surface area (Å²) in [5.41, 5.74) is 0.275. The number of nitrogens with one attached hydrogen (secondary N) is 1. The third-order valence-electron chi connectivity index (χ3n) is 3.10. The number of benzene rings is 1. The van der Waals surface area contributed by atoms with E-state index in [-0.39, 0.29) is 6.61 Å². The molecule has 0 bridgehead atoms. The maximum atomic E-state index is 12.3. The van der Waals surface area contributed by atoms with Crippen LogP contribution in [0, 0.1) is 0 Å². The minimum atomic E-state index is -0.733. The average Bonchev–Trinajstić information content (AvgIpc) is 2.51. The van der Waals surface area contributed by atoms with Gasteiger partial charge in [-0.2, -0.15) is 0 Å². The molecule has 1 N–H and O–H groups in total. The van der Waals surface area contributed by atoms with Crippen LogP contribution in [0.2, 0.25) is 0 Å². The Bertz CT molecular complexity index is 534. The molecule has 1 amide bonds. The molecule has 0 spiro atoms. The molecule has 0 saturated carbocycles. The molecule has 0 aromatic heterocycles. The molecule has 132 valence electrons. The van der Waals surface area contributed by atoms with Crippen LogP contribution in [0.1, 0.15) is 45.6 Å². The van der Waals surface area contributed by atoms with E-state index in [4.69, 9.17) is 9.47 Å². The first-order chi connectivity index (χ1) is 11.3. The van der Waals surface area contributed by atoms with E-state index in [9.17, 15) is 9.59 Å². The second kappa shape index (κ2) is 9.75. The van der Waals surface area contributed by atoms with Crippen LogP contribution in [-0.2, 0) is 20.9 Å². The van der Waals surface area contributed by atoms with E-state index in [1.807, 2.05) is 30.3 Å². The number of ether oxygens (including phenoxy) is 2. The number of alkyl carbamates (subject to hydrolysis) is 1. The Morgan fingerprint density at radius 1 is 1.25 bits per heavy atom. The first kappa shape index (κ1) is 19.7. The predicted molar refractivity (Wildman–Crippen MR) is 93.4 cm³/mol. The molecule has 1 rings (SSSR count). The van der Waals surface area contributed by atoms with Crippen molar-refractivity contribution in [3.63, 3.8) is 0 Å². The molecule has 0 radical (unpaired) electrons. The molecule has 1 aromatic carbocycles. The van der Waals surface area contributed by atoms with E-state index >= 15 is 0 Å². The molecule has 5 heteroatoms. The molecular formula is C19H27NO4. The third-order valence-corrected chi connectivity index (χ3v) is 3.10. The highest BCUT2D eigenvalue weighted by atomic mass is 16.6. The molecule has 5 nitrogen and oxygen atoms in total. The standard InChI is InChI=1S/C19H27NO4/c1-5-6-8-13-16(20-18(22)24-19(2,3)4)17(21)23-14-15-11-9-7-10-12-15/h5,7,9-12,16H,1,6,8,13-14H2,2-4H3,(H,20,22)/t16-/m0/s1. The van der Waals surface area contributed by atoms with E-state index in [0.717, 1.165) is 18.4 Å². The van der Waals surface area contributed by atoms with Crippen molar-refractivity contribution >= 4 is 12.1 Å². The SMILES string of the molecule is C=CCCC[C@H](NC(=O)OC(C)(C)C)C(=O)OCc1ccccc1. The molecule has 1 aromatic rings. The second-order valence-electron chi connectivity index (χ2n) is 6.51. The van der Waals surface area contributed by atoms with Crippen LogP contribution in [-0.4, -0.2) is 23.7 Å². The van der Waals surface area contributed by atoms with Crippen molar-refractivity contribution in [2.45, 2.75) is 58.3 Å². The summed E-state index contributed by atoms with van der Waals surface area (Å²) in [7, 11) is 0. The van der Waals surface area contributed by atoms with E-state index in [1.54, 1.807) is 26.8 Å². The summed E-state index contributed by atoms with van der Waals surface area (Å²) >= 11 is 0. The normalized spacial score (nSPS) is 12.1. The van der Waals surface area contributed by atoms with Crippen molar-refractivity contribution in [2.24, 2.45) is 0 Å². The Labute approximate surface area is 144 Å². The topological polar surface area (TPSA) is 64.6 Å². The zero-order chi connectivity index (χ0) is 18.0. The molecule has 0 heterocycles. The van der Waals surface area contributed by atoms with E-state index in [1.165, 1.54) is 0 Å². The number of unbranched alkanes of at least 4 members (excludes halogenated alkanes) is 1. The molecule has 1 atom stereocenters. The van der Waals surface area contributed by atoms with Crippen LogP contribution in [0.15, 0.2) is 43.0 Å². The fraction of sp³-hybridized carbons (Fsp3) is 0.474. The summed E-state index contributed by atoms with van der Waals surface area (Å²) in [6.45, 7) is 9.15. The lowest BCUT2D eigenvalue weighted by Gasteiger charge is -2.23. The van der Waals surface area contributed by atoms with Gasteiger partial charge in [0.1, 0.15) is 18.2 Å². The van der Waals surface area contributed by atoms with Gasteiger partial charge in [0.2, 0.25) is 0 Å². The number of esters is 1. The maximum absolute atomic E-state index is 12.3. The van der Waals surface area contributed by atoms with E-state index in [2.05, 4.69) is 11.9 Å². The van der Waals surface area contributed by atoms with Gasteiger partial charge in [-0.15, -0.1) is 6.58 Å². The summed E-state index contributed by atoms with van der Waals surface area (Å²) in [4.78, 5) is 24.2. The van der Waals surface area contributed by atoms with Crippen LogP contribution >= 0.6 is 0 Å². The Hall–Kier alpha value is -2.30. The summed E-state index contributed by atoms with van der Waals surface area (Å²) < 4.78 is 10.5. The predicted octanol–water partition coefficient (Wildman–Crippen LogP) is 3.98. The van der Waals surface area contributed by atoms with Crippen LogP contribution in [0.3, 0.4) is 0 Å². The first-order valence-electron chi connectivity index (χ1n) is 8.13. The zero-order valence-electron chi connectivity index (χ0n) is 14.7. The maximum Gasteiger partial charge on any atom is 0.408 e. The van der Waals surface area contributed by atoms with Crippen molar-refractivity contribution in [1.29, 1.82) is 0 Å². The van der Waals surface area contributed by atoms with Gasteiger partial charge in [0, 0.05) is 0 Å². The van der Waals surface area contributed by atoms with Crippen LogP contribution in [0.4, 0.5) is 4.79 Å². The molecule has 0 aliphatic carbocycles. The van der Waals surface area contributed by atoms with Crippen LogP contribution in [0.25, 0.3) is 0 Å². The lowest BCUT2D eigenvalue weighted by Crippen LogP contribution is -2.44. The Balaban J connectivity index is 2.60. The van der Waals surface area contributed by atoms with Gasteiger partial charge < -0.3 is 14.8 Å². The molecule has 0 aliphatic heterocycles. The Morgan fingerprint density at radius 3 is 2.50 bits per heavy atom. The number of allylic oxidation sites excluding steroid dienone is 1. The third kappa shape index (κ3) is 8.36. The highest BCUT2D eigenvalue weighted by Gasteiger charge is 2.25. The van der Waals surface area contributed by atoms with Gasteiger partial charge in [0.15, 0.2) is 0 Å². The average molecular weight is 333 g/mol. The Morgan fingerprint density at radius 2 is 1.92 bits per heavy atom. The minimum Gasteiger partial charge on any atom is -0.459 e. The van der Waals surface area contributed by atoms with Gasteiger partial charge in [0.05, 0.1) is 0 Å². The van der Waals surface area contributed by atoms with E-state index < -0.39 is 23.7 Å². The van der Waals surface area contributed by atoms with Gasteiger partial charge in [-0.1, -0.05) is 36.4 Å². The lowest BCUT2D eigenvalue weighted by atomic mass is 10.1. The monoisotopic (exact) mass is 333 g/mol. The number of hydrogen-bond acceptors (Lipinski definition) is 4. The number of hydrogen-bond donors (Lipinski definition) is 1. The highest BCUT2D eigenvalue weighted by Crippen LogP contribution is 2.10. The number of amides is 1. The Kier molecular flexibility index (Phi) is 8.02. The summed E-state index contributed by atoms with van der Waals surface area (Å²) in [6.07, 6.45) is 3.12. The largest absolute Gasteiger partial charge is 0.459 e. The van der Waals surface area contributed by atoms with Crippen LogP contribution < -0.4 is 5.32 Å². The van der Waals surface area contributed by atoms with Crippen molar-refractivity contribution in [3.8, 4) is 0 Å². The second-order valence-corrected chi connectivity index (χ2v) is 6.51. The lowest BCUT2D eigenvalue weighted by molar-refractivity contribution is -0.147. The van der Waals surface area contributed by atoms with Crippen molar-refractivity contribution in [3.05, 3.63) is 48.6 Å². The molecule has 0 saturated heterocycles. The molecule has 0 unspecified atom stereocenters. The van der Waals surface area contributed by atoms with Crippen molar-refractivity contribution < 1.29 is 19.1 Å². The van der Waals surface area contributed by atoms with Gasteiger partial charge in [-0.3, -0.25) is 0 Å². The highest BCUT2D eigenvalue weighted by molar-refractivity contribution is 5.81. The molecular weight excluding hydrogens is 306 g/mol. The molecule has 0 fully saturated rings. The zero-order valence-corrected chi connectivity index (χ0v) is 14.7. The smallest absolute Gasteiger partial charge is 0.408 e. The van der Waals surface area contributed by atoms with Gasteiger partial charge >= 0.3 is 12.1 Å². The molecule has 0 aliphatic rings. The van der Waals surface area contributed by atoms with Gasteiger partial charge in [0.25, 0.3) is 0 Å². The van der Waals surface area contributed by atoms with Crippen molar-refractivity contribution in [2.75, 3.05) is 0 Å². The van der Waals surface area contributed by atoms with Crippen LogP contribution in [0.5, 0.6) is 0 Å². The number of carbonyl (C=O) groups excluding carboxylic acids is 2. The van der Waals surface area contributed by atoms with Gasteiger partial charge in [-0.05, 0) is 45.6 Å². The number of carbonyl (C=O) groups is 2.